The lowest BCUT2D eigenvalue weighted by Crippen LogP contribution is -2.57. The first-order valence-electron chi connectivity index (χ1n) is 8.30. The molecule has 7 unspecified atom stereocenters. The van der Waals surface area contributed by atoms with Crippen molar-refractivity contribution >= 4 is 0 Å². The average Bonchev–Trinajstić information content (AvgIpc) is 3.37. The fourth-order valence-electron chi connectivity index (χ4n) is 4.40. The highest BCUT2D eigenvalue weighted by Gasteiger charge is 2.72. The Hall–Kier alpha value is -0.410. The second-order valence-electron chi connectivity index (χ2n) is 7.45. The van der Waals surface area contributed by atoms with Crippen LogP contribution in [0.1, 0.15) is 26.7 Å². The molecule has 3 fully saturated rings. The summed E-state index contributed by atoms with van der Waals surface area (Å²) in [6.45, 7) is 3.23. The van der Waals surface area contributed by atoms with Gasteiger partial charge in [0.25, 0.3) is 0 Å². The van der Waals surface area contributed by atoms with Crippen molar-refractivity contribution in [2.75, 3.05) is 26.9 Å². The summed E-state index contributed by atoms with van der Waals surface area (Å²) in [5.41, 5.74) is -0.921. The van der Waals surface area contributed by atoms with E-state index in [1.807, 2.05) is 13.8 Å². The van der Waals surface area contributed by atoms with Crippen LogP contribution in [-0.4, -0.2) is 67.7 Å². The third kappa shape index (κ3) is 3.31. The van der Waals surface area contributed by atoms with Gasteiger partial charge in [0.15, 0.2) is 0 Å². The summed E-state index contributed by atoms with van der Waals surface area (Å²) < 4.78 is 58.1. The van der Waals surface area contributed by atoms with Crippen molar-refractivity contribution in [3.63, 3.8) is 0 Å². The molecule has 1 spiro atoms. The highest BCUT2D eigenvalue weighted by molar-refractivity contribution is 5.20. The molecule has 24 heavy (non-hydrogen) atoms. The van der Waals surface area contributed by atoms with Crippen molar-refractivity contribution in [2.45, 2.75) is 62.4 Å². The predicted octanol–water partition coefficient (Wildman–Crippen LogP) is 1.91. The Morgan fingerprint density at radius 2 is 2.00 bits per heavy atom. The van der Waals surface area contributed by atoms with Crippen LogP contribution in [0.4, 0.5) is 13.2 Å². The maximum Gasteiger partial charge on any atom is 0.411 e. The molecule has 1 saturated carbocycles. The number of aliphatic hydroxyl groups excluding tert-OH is 1. The highest BCUT2D eigenvalue weighted by atomic mass is 19.4. The van der Waals surface area contributed by atoms with Gasteiger partial charge in [0.1, 0.15) is 17.8 Å². The first kappa shape index (κ1) is 18.4. The number of halogens is 3. The van der Waals surface area contributed by atoms with Crippen LogP contribution in [0.2, 0.25) is 0 Å². The third-order valence-electron chi connectivity index (χ3n) is 5.66. The Balaban J connectivity index is 1.61. The Kier molecular flexibility index (Phi) is 4.66. The topological polar surface area (TPSA) is 63.8 Å². The molecule has 0 radical (unpaired) electrons. The first-order valence-corrected chi connectivity index (χ1v) is 8.30. The SMILES string of the molecule is COC1C(O)C(C)CC2(CO2)C1C1(C)OC1CCOCC(F)(F)F. The second-order valence-corrected chi connectivity index (χ2v) is 7.45. The van der Waals surface area contributed by atoms with Crippen LogP contribution < -0.4 is 0 Å². The number of hydrogen-bond acceptors (Lipinski definition) is 5. The van der Waals surface area contributed by atoms with E-state index in [1.165, 1.54) is 0 Å². The minimum Gasteiger partial charge on any atom is -0.390 e. The fraction of sp³-hybridized carbons (Fsp3) is 1.00. The molecular formula is C16H25F3O5. The molecule has 1 aliphatic carbocycles. The van der Waals surface area contributed by atoms with Crippen molar-refractivity contribution in [1.82, 2.24) is 0 Å². The monoisotopic (exact) mass is 354 g/mol. The minimum atomic E-state index is -4.32. The zero-order valence-corrected chi connectivity index (χ0v) is 14.1. The van der Waals surface area contributed by atoms with Crippen molar-refractivity contribution in [1.29, 1.82) is 0 Å². The molecule has 5 nitrogen and oxygen atoms in total. The molecular weight excluding hydrogens is 329 g/mol. The van der Waals surface area contributed by atoms with Crippen molar-refractivity contribution < 1.29 is 37.2 Å². The van der Waals surface area contributed by atoms with E-state index in [0.717, 1.165) is 6.42 Å². The summed E-state index contributed by atoms with van der Waals surface area (Å²) in [5, 5.41) is 10.5. The maximum atomic E-state index is 12.1. The van der Waals surface area contributed by atoms with Gasteiger partial charge in [0.2, 0.25) is 0 Å². The van der Waals surface area contributed by atoms with Crippen molar-refractivity contribution in [3.05, 3.63) is 0 Å². The summed E-state index contributed by atoms with van der Waals surface area (Å²) in [4.78, 5) is 0. The number of aliphatic hydroxyl groups is 1. The largest absolute Gasteiger partial charge is 0.411 e. The Labute approximate surface area is 139 Å². The molecule has 1 N–H and O–H groups in total. The van der Waals surface area contributed by atoms with E-state index >= 15 is 0 Å². The lowest BCUT2D eigenvalue weighted by molar-refractivity contribution is -0.174. The van der Waals surface area contributed by atoms with Crippen LogP contribution in [0.3, 0.4) is 0 Å². The smallest absolute Gasteiger partial charge is 0.390 e. The molecule has 2 saturated heterocycles. The van der Waals surface area contributed by atoms with Gasteiger partial charge in [-0.2, -0.15) is 13.2 Å². The molecule has 2 aliphatic heterocycles. The molecule has 2 heterocycles. The molecule has 0 amide bonds. The average molecular weight is 354 g/mol. The van der Waals surface area contributed by atoms with Gasteiger partial charge in [-0.1, -0.05) is 6.92 Å². The van der Waals surface area contributed by atoms with Gasteiger partial charge in [-0.3, -0.25) is 0 Å². The molecule has 140 valence electrons. The molecule has 0 aromatic carbocycles. The van der Waals surface area contributed by atoms with Crippen LogP contribution in [0.5, 0.6) is 0 Å². The van der Waals surface area contributed by atoms with Crippen LogP contribution in [0.25, 0.3) is 0 Å². The zero-order chi connectivity index (χ0) is 17.8. The highest BCUT2D eigenvalue weighted by Crippen LogP contribution is 2.60. The number of epoxide rings is 2. The Morgan fingerprint density at radius 3 is 2.54 bits per heavy atom. The number of hydrogen-bond donors (Lipinski definition) is 1. The number of rotatable bonds is 6. The lowest BCUT2D eigenvalue weighted by atomic mass is 9.65. The molecule has 3 rings (SSSR count). The summed E-state index contributed by atoms with van der Waals surface area (Å²) in [6.07, 6.45) is -4.45. The molecule has 8 heteroatoms. The fourth-order valence-corrected chi connectivity index (χ4v) is 4.40. The maximum absolute atomic E-state index is 12.1. The van der Waals surface area contributed by atoms with Gasteiger partial charge in [-0.05, 0) is 25.7 Å². The summed E-state index contributed by atoms with van der Waals surface area (Å²) >= 11 is 0. The van der Waals surface area contributed by atoms with Crippen LogP contribution in [0, 0.1) is 11.8 Å². The zero-order valence-electron chi connectivity index (χ0n) is 14.1. The van der Waals surface area contributed by atoms with Gasteiger partial charge in [-0.25, -0.2) is 0 Å². The molecule has 0 aromatic heterocycles. The second kappa shape index (κ2) is 6.09. The van der Waals surface area contributed by atoms with Crippen LogP contribution >= 0.6 is 0 Å². The summed E-state index contributed by atoms with van der Waals surface area (Å²) in [6, 6.07) is 0. The van der Waals surface area contributed by atoms with Gasteiger partial charge in [0, 0.05) is 13.7 Å². The van der Waals surface area contributed by atoms with Gasteiger partial charge in [0.05, 0.1) is 30.8 Å². The molecule has 0 bridgehead atoms. The van der Waals surface area contributed by atoms with Crippen LogP contribution in [-0.2, 0) is 18.9 Å². The van der Waals surface area contributed by atoms with E-state index in [0.29, 0.717) is 13.0 Å². The molecule has 7 atom stereocenters. The minimum absolute atomic E-state index is 0.0169. The lowest BCUT2D eigenvalue weighted by Gasteiger charge is -2.44. The van der Waals surface area contributed by atoms with Gasteiger partial charge in [-0.15, -0.1) is 0 Å². The van der Waals surface area contributed by atoms with Gasteiger partial charge < -0.3 is 24.1 Å². The quantitative estimate of drug-likeness (QED) is 0.583. The van der Waals surface area contributed by atoms with Crippen molar-refractivity contribution in [2.24, 2.45) is 11.8 Å². The molecule has 0 aromatic rings. The van der Waals surface area contributed by atoms with E-state index in [1.54, 1.807) is 7.11 Å². The van der Waals surface area contributed by atoms with Gasteiger partial charge >= 0.3 is 6.18 Å². The van der Waals surface area contributed by atoms with Crippen LogP contribution in [0.15, 0.2) is 0 Å². The predicted molar refractivity (Wildman–Crippen MR) is 77.5 cm³/mol. The summed E-state index contributed by atoms with van der Waals surface area (Å²) in [7, 11) is 1.56. The summed E-state index contributed by atoms with van der Waals surface area (Å²) in [5.74, 6) is -0.0848. The molecule has 3 aliphatic rings. The number of ether oxygens (including phenoxy) is 4. The van der Waals surface area contributed by atoms with E-state index in [4.69, 9.17) is 14.2 Å². The van der Waals surface area contributed by atoms with E-state index < -0.39 is 30.6 Å². The number of alkyl halides is 3. The van der Waals surface area contributed by atoms with E-state index in [9.17, 15) is 18.3 Å². The Morgan fingerprint density at radius 1 is 1.33 bits per heavy atom. The standard InChI is InChI=1S/C16H25F3O5/c1-9-6-15(7-23-15)13(12(21-3)11(9)20)14(2)10(24-14)4-5-22-8-16(17,18)19/h9-13,20H,4-8H2,1-3H3. The Bertz CT molecular complexity index is 467. The van der Waals surface area contributed by atoms with E-state index in [2.05, 4.69) is 4.74 Å². The first-order chi connectivity index (χ1) is 11.1. The van der Waals surface area contributed by atoms with E-state index in [-0.39, 0.29) is 30.1 Å². The third-order valence-corrected chi connectivity index (χ3v) is 5.66. The normalized spacial score (nSPS) is 47.9. The van der Waals surface area contributed by atoms with Crippen molar-refractivity contribution in [3.8, 4) is 0 Å². The number of methoxy groups -OCH3 is 1.